The van der Waals surface area contributed by atoms with Crippen molar-refractivity contribution in [2.45, 2.75) is 6.54 Å². The number of aromatic nitrogens is 5. The van der Waals surface area contributed by atoms with Gasteiger partial charge in [0.1, 0.15) is 17.7 Å². The first-order valence-electron chi connectivity index (χ1n) is 9.68. The van der Waals surface area contributed by atoms with Gasteiger partial charge in [0.05, 0.1) is 5.39 Å². The highest BCUT2D eigenvalue weighted by atomic mass is 35.5. The summed E-state index contributed by atoms with van der Waals surface area (Å²) in [4.78, 5) is 38.8. The van der Waals surface area contributed by atoms with Crippen LogP contribution in [0.1, 0.15) is 10.5 Å². The second kappa shape index (κ2) is 7.61. The van der Waals surface area contributed by atoms with Gasteiger partial charge in [-0.2, -0.15) is 10.1 Å². The minimum Gasteiger partial charge on any atom is -0.423 e. The highest BCUT2D eigenvalue weighted by molar-refractivity contribution is 6.31. The summed E-state index contributed by atoms with van der Waals surface area (Å²) in [5.74, 6) is -0.383. The third-order valence-electron chi connectivity index (χ3n) is 5.22. The van der Waals surface area contributed by atoms with E-state index in [1.807, 2.05) is 0 Å². The quantitative estimate of drug-likeness (QED) is 0.438. The van der Waals surface area contributed by atoms with E-state index in [1.165, 1.54) is 12.4 Å². The first-order chi connectivity index (χ1) is 15.4. The lowest BCUT2D eigenvalue weighted by Crippen LogP contribution is -2.50. The normalized spacial score (nSPS) is 14.0. The van der Waals surface area contributed by atoms with Gasteiger partial charge < -0.3 is 15.1 Å². The van der Waals surface area contributed by atoms with Gasteiger partial charge in [0.2, 0.25) is 5.91 Å². The zero-order chi connectivity index (χ0) is 22.4. The Morgan fingerprint density at radius 1 is 1.34 bits per heavy atom. The van der Waals surface area contributed by atoms with Gasteiger partial charge in [-0.1, -0.05) is 18.2 Å². The number of rotatable bonds is 5. The number of likely N-dealkylation sites (tertiary alicyclic amines) is 1. The highest BCUT2D eigenvalue weighted by Crippen LogP contribution is 2.26. The summed E-state index contributed by atoms with van der Waals surface area (Å²) in [7, 11) is 0. The van der Waals surface area contributed by atoms with Crippen LogP contribution in [-0.4, -0.2) is 54.5 Å². The molecule has 5 rings (SSSR count). The Labute approximate surface area is 185 Å². The van der Waals surface area contributed by atoms with Gasteiger partial charge in [-0.25, -0.2) is 14.6 Å². The second-order valence-electron chi connectivity index (χ2n) is 7.39. The number of nitrogen functional groups attached to an aromatic ring is 1. The molecule has 4 aromatic rings. The van der Waals surface area contributed by atoms with Crippen LogP contribution in [0, 0.1) is 5.92 Å². The number of oxazole rings is 1. The number of hydrogen-bond donors (Lipinski definition) is 2. The summed E-state index contributed by atoms with van der Waals surface area (Å²) in [6, 6.07) is 4.96. The molecule has 11 nitrogen and oxygen atoms in total. The molecule has 0 spiro atoms. The Morgan fingerprint density at radius 2 is 2.16 bits per heavy atom. The van der Waals surface area contributed by atoms with Crippen LogP contribution in [0.2, 0.25) is 5.02 Å². The third kappa shape index (κ3) is 3.42. The maximum absolute atomic E-state index is 13.0. The van der Waals surface area contributed by atoms with Crippen LogP contribution in [0.4, 0.5) is 11.8 Å². The molecule has 162 valence electrons. The van der Waals surface area contributed by atoms with Gasteiger partial charge >= 0.3 is 6.01 Å². The number of nitrogens with zero attached hydrogens (tertiary/aromatic N) is 6. The maximum Gasteiger partial charge on any atom is 0.302 e. The predicted molar refractivity (Wildman–Crippen MR) is 117 cm³/mol. The van der Waals surface area contributed by atoms with Crippen LogP contribution in [0.5, 0.6) is 0 Å². The van der Waals surface area contributed by atoms with Crippen molar-refractivity contribution >= 4 is 57.4 Å². The van der Waals surface area contributed by atoms with Crippen molar-refractivity contribution in [3.63, 3.8) is 0 Å². The number of benzene rings is 1. The number of carbonyl (C=O) groups is 2. The topological polar surface area (TPSA) is 145 Å². The average Bonchev–Trinajstić information content (AvgIpc) is 3.31. The number of carbonyl (C=O) groups excluding carboxylic acids is 2. The summed E-state index contributed by atoms with van der Waals surface area (Å²) in [6.45, 7) is 5.09. The molecule has 0 unspecified atom stereocenters. The van der Waals surface area contributed by atoms with Crippen molar-refractivity contribution in [1.29, 1.82) is 0 Å². The number of fused-ring (bicyclic) bond motifs is 2. The largest absolute Gasteiger partial charge is 0.423 e. The Bertz CT molecular complexity index is 1390. The average molecular weight is 453 g/mol. The molecule has 0 saturated carbocycles. The van der Waals surface area contributed by atoms with Gasteiger partial charge in [-0.05, 0) is 24.3 Å². The number of halogens is 1. The van der Waals surface area contributed by atoms with Crippen LogP contribution in [-0.2, 0) is 11.3 Å². The van der Waals surface area contributed by atoms with Crippen molar-refractivity contribution in [3.8, 4) is 0 Å². The Kier molecular flexibility index (Phi) is 4.74. The van der Waals surface area contributed by atoms with E-state index in [1.54, 1.807) is 27.8 Å². The van der Waals surface area contributed by atoms with E-state index in [-0.39, 0.29) is 29.4 Å². The lowest BCUT2D eigenvalue weighted by molar-refractivity contribution is -0.132. The second-order valence-corrected chi connectivity index (χ2v) is 7.82. The predicted octanol–water partition coefficient (Wildman–Crippen LogP) is 2.10. The first kappa shape index (κ1) is 19.9. The number of hydrogen-bond acceptors (Lipinski definition) is 8. The van der Waals surface area contributed by atoms with Crippen molar-refractivity contribution in [3.05, 3.63) is 47.9 Å². The molecule has 0 aliphatic carbocycles. The molecule has 3 aromatic heterocycles. The van der Waals surface area contributed by atoms with E-state index >= 15 is 0 Å². The number of anilines is 2. The summed E-state index contributed by atoms with van der Waals surface area (Å²) >= 11 is 5.97. The fraction of sp³-hybridized carbons (Fsp3) is 0.200. The Balaban J connectivity index is 1.42. The smallest absolute Gasteiger partial charge is 0.302 e. The van der Waals surface area contributed by atoms with Crippen LogP contribution < -0.4 is 11.1 Å². The molecule has 1 aromatic carbocycles. The standard InChI is InChI=1S/C20H17ClN8O3/c1-2-14(30)28-6-10(7-28)8-29-18-15(17(22)23-9-24-18)16(27-29)19(31)26-20-25-12-5-11(21)3-4-13(12)32-20/h2-5,9-10H,1,6-8H2,(H2,22,23,24)(H,25,26,31). The molecule has 1 saturated heterocycles. The molecule has 2 amide bonds. The van der Waals surface area contributed by atoms with Crippen molar-refractivity contribution in [2.24, 2.45) is 5.92 Å². The minimum absolute atomic E-state index is 0.00274. The summed E-state index contributed by atoms with van der Waals surface area (Å²) in [5, 5.41) is 7.87. The maximum atomic E-state index is 13.0. The van der Waals surface area contributed by atoms with Crippen LogP contribution in [0.15, 0.2) is 41.6 Å². The third-order valence-corrected chi connectivity index (χ3v) is 5.45. The SMILES string of the molecule is C=CC(=O)N1CC(Cn2nc(C(=O)Nc3nc4cc(Cl)ccc4o3)c3c(N)ncnc32)C1. The summed E-state index contributed by atoms with van der Waals surface area (Å²) in [5.41, 5.74) is 7.51. The summed E-state index contributed by atoms with van der Waals surface area (Å²) < 4.78 is 7.16. The van der Waals surface area contributed by atoms with Crippen LogP contribution >= 0.6 is 11.6 Å². The molecule has 12 heteroatoms. The molecule has 0 bridgehead atoms. The van der Waals surface area contributed by atoms with Gasteiger partial charge in [-0.3, -0.25) is 14.9 Å². The zero-order valence-corrected chi connectivity index (χ0v) is 17.4. The zero-order valence-electron chi connectivity index (χ0n) is 16.7. The molecule has 0 radical (unpaired) electrons. The first-order valence-corrected chi connectivity index (χ1v) is 10.1. The van der Waals surface area contributed by atoms with E-state index in [9.17, 15) is 9.59 Å². The van der Waals surface area contributed by atoms with Gasteiger partial charge in [0.25, 0.3) is 5.91 Å². The number of nitrogens with two attached hydrogens (primary N) is 1. The fourth-order valence-corrected chi connectivity index (χ4v) is 3.83. The summed E-state index contributed by atoms with van der Waals surface area (Å²) in [6.07, 6.45) is 2.60. The highest BCUT2D eigenvalue weighted by Gasteiger charge is 2.31. The number of nitrogens with one attached hydrogen (secondary N) is 1. The number of amides is 2. The molecular weight excluding hydrogens is 436 g/mol. The fourth-order valence-electron chi connectivity index (χ4n) is 3.67. The molecule has 1 fully saturated rings. The van der Waals surface area contributed by atoms with E-state index in [0.717, 1.165) is 0 Å². The lowest BCUT2D eigenvalue weighted by Gasteiger charge is -2.38. The van der Waals surface area contributed by atoms with Gasteiger partial charge in [0, 0.05) is 30.6 Å². The molecule has 1 aliphatic rings. The van der Waals surface area contributed by atoms with Crippen LogP contribution in [0.25, 0.3) is 22.1 Å². The monoisotopic (exact) mass is 452 g/mol. The van der Waals surface area contributed by atoms with E-state index in [4.69, 9.17) is 21.8 Å². The molecule has 1 aliphatic heterocycles. The Hall–Kier alpha value is -3.99. The van der Waals surface area contributed by atoms with E-state index in [0.29, 0.717) is 46.8 Å². The van der Waals surface area contributed by atoms with E-state index in [2.05, 4.69) is 31.9 Å². The van der Waals surface area contributed by atoms with Gasteiger partial charge in [0.15, 0.2) is 16.9 Å². The van der Waals surface area contributed by atoms with Crippen molar-refractivity contribution in [1.82, 2.24) is 29.6 Å². The van der Waals surface area contributed by atoms with Crippen LogP contribution in [0.3, 0.4) is 0 Å². The van der Waals surface area contributed by atoms with Gasteiger partial charge in [-0.15, -0.1) is 0 Å². The molecule has 3 N–H and O–H groups in total. The minimum atomic E-state index is -0.565. The molecular formula is C20H17ClN8O3. The van der Waals surface area contributed by atoms with E-state index < -0.39 is 5.91 Å². The van der Waals surface area contributed by atoms with Crippen molar-refractivity contribution in [2.75, 3.05) is 24.1 Å². The lowest BCUT2D eigenvalue weighted by atomic mass is 10.0. The van der Waals surface area contributed by atoms with Crippen molar-refractivity contribution < 1.29 is 14.0 Å². The Morgan fingerprint density at radius 3 is 2.94 bits per heavy atom. The molecule has 32 heavy (non-hydrogen) atoms. The molecule has 0 atom stereocenters. The molecule has 4 heterocycles.